The van der Waals surface area contributed by atoms with E-state index in [9.17, 15) is 0 Å². The molecule has 0 fully saturated rings. The molecule has 0 radical (unpaired) electrons. The Morgan fingerprint density at radius 2 is 1.87 bits per heavy atom. The summed E-state index contributed by atoms with van der Waals surface area (Å²) in [5.74, 6) is 0. The lowest BCUT2D eigenvalue weighted by Gasteiger charge is -2.03. The maximum absolute atomic E-state index is 4.98. The molecule has 0 atom stereocenters. The highest BCUT2D eigenvalue weighted by Crippen LogP contribution is 2.16. The van der Waals surface area contributed by atoms with Crippen LogP contribution >= 0.6 is 12.0 Å². The third-order valence-corrected chi connectivity index (χ3v) is 2.39. The first kappa shape index (κ1) is 10.5. The second kappa shape index (κ2) is 5.16. The van der Waals surface area contributed by atoms with Crippen LogP contribution in [0.2, 0.25) is 0 Å². The second-order valence-electron chi connectivity index (χ2n) is 3.18. The second-order valence-corrected chi connectivity index (χ2v) is 3.65. The van der Waals surface area contributed by atoms with Gasteiger partial charge in [0.15, 0.2) is 0 Å². The van der Waals surface area contributed by atoms with Crippen LogP contribution in [-0.4, -0.2) is 6.26 Å². The maximum atomic E-state index is 4.98. The fraction of sp³-hybridized carbons (Fsp3) is 0.167. The van der Waals surface area contributed by atoms with E-state index < -0.39 is 0 Å². The average molecular weight is 220 g/mol. The van der Waals surface area contributed by atoms with Crippen molar-refractivity contribution in [2.75, 3.05) is 6.26 Å². The average Bonchev–Trinajstić information content (AvgIpc) is 2.29. The number of rotatable bonds is 4. The van der Waals surface area contributed by atoms with Gasteiger partial charge in [-0.2, -0.15) is 4.33 Å². The minimum atomic E-state index is 0.478. The van der Waals surface area contributed by atoms with Crippen molar-refractivity contribution in [3.8, 4) is 0 Å². The van der Waals surface area contributed by atoms with Gasteiger partial charge in [0.2, 0.25) is 0 Å². The molecule has 0 aliphatic rings. The summed E-state index contributed by atoms with van der Waals surface area (Å²) in [4.78, 5) is 4.98. The number of benzene rings is 2. The predicted molar refractivity (Wildman–Crippen MR) is 63.3 cm³/mol. The van der Waals surface area contributed by atoms with Gasteiger partial charge in [0.1, 0.15) is 6.61 Å². The molecule has 0 aliphatic heterocycles. The molecular weight excluding hydrogens is 208 g/mol. The lowest BCUT2D eigenvalue weighted by Crippen LogP contribution is -1.89. The number of fused-ring (bicyclic) bond motifs is 1. The van der Waals surface area contributed by atoms with Crippen molar-refractivity contribution in [3.63, 3.8) is 0 Å². The van der Waals surface area contributed by atoms with E-state index in [1.165, 1.54) is 22.8 Å². The van der Waals surface area contributed by atoms with E-state index in [1.54, 1.807) is 0 Å². The summed E-state index contributed by atoms with van der Waals surface area (Å²) in [5, 5.41) is 2.47. The van der Waals surface area contributed by atoms with Crippen molar-refractivity contribution in [2.24, 2.45) is 0 Å². The van der Waals surface area contributed by atoms with Crippen LogP contribution in [-0.2, 0) is 15.8 Å². The lowest BCUT2D eigenvalue weighted by atomic mass is 10.1. The highest BCUT2D eigenvalue weighted by molar-refractivity contribution is 7.93. The predicted octanol–water partition coefficient (Wildman–Crippen LogP) is 3.57. The summed E-state index contributed by atoms with van der Waals surface area (Å²) in [5.41, 5.74) is 1.11. The van der Waals surface area contributed by atoms with Crippen LogP contribution in [0.4, 0.5) is 0 Å². The maximum Gasteiger partial charge on any atom is 0.109 e. The Balaban J connectivity index is 2.16. The van der Waals surface area contributed by atoms with Gasteiger partial charge in [0, 0.05) is 18.3 Å². The Morgan fingerprint density at radius 3 is 2.67 bits per heavy atom. The summed E-state index contributed by atoms with van der Waals surface area (Å²) in [6.45, 7) is 0.478. The molecule has 2 rings (SSSR count). The summed E-state index contributed by atoms with van der Waals surface area (Å²) in [6.07, 6.45) is 1.82. The van der Waals surface area contributed by atoms with E-state index in [2.05, 4.69) is 24.3 Å². The summed E-state index contributed by atoms with van der Waals surface area (Å²) in [7, 11) is 0. The minimum Gasteiger partial charge on any atom is -0.220 e. The van der Waals surface area contributed by atoms with E-state index in [0.717, 1.165) is 5.56 Å². The van der Waals surface area contributed by atoms with Gasteiger partial charge in [-0.25, -0.2) is 4.89 Å². The Hall–Kier alpha value is -1.03. The van der Waals surface area contributed by atoms with E-state index in [1.807, 2.05) is 24.5 Å². The smallest absolute Gasteiger partial charge is 0.109 e. The zero-order valence-electron chi connectivity index (χ0n) is 8.47. The van der Waals surface area contributed by atoms with E-state index in [4.69, 9.17) is 9.22 Å². The number of hydrogen-bond donors (Lipinski definition) is 0. The standard InChI is InChI=1S/C12H12O2S/c1-15-14-13-9-10-6-7-11-4-2-3-5-12(11)8-10/h2-8H,9H2,1H3. The molecule has 0 heterocycles. The van der Waals surface area contributed by atoms with Gasteiger partial charge in [-0.3, -0.25) is 0 Å². The van der Waals surface area contributed by atoms with Crippen LogP contribution in [0.3, 0.4) is 0 Å². The van der Waals surface area contributed by atoms with Crippen LogP contribution in [0.15, 0.2) is 42.5 Å². The zero-order chi connectivity index (χ0) is 10.5. The molecule has 0 amide bonds. The normalized spacial score (nSPS) is 10.7. The highest BCUT2D eigenvalue weighted by atomic mass is 32.2. The molecule has 0 N–H and O–H groups in total. The molecule has 3 heteroatoms. The fourth-order valence-corrected chi connectivity index (χ4v) is 1.61. The van der Waals surface area contributed by atoms with Gasteiger partial charge in [-0.15, -0.1) is 0 Å². The van der Waals surface area contributed by atoms with Gasteiger partial charge >= 0.3 is 0 Å². The third kappa shape index (κ3) is 2.72. The highest BCUT2D eigenvalue weighted by Gasteiger charge is 1.96. The third-order valence-electron chi connectivity index (χ3n) is 2.16. The first-order valence-corrected chi connectivity index (χ1v) is 5.85. The molecule has 2 nitrogen and oxygen atoms in total. The molecule has 15 heavy (non-hydrogen) atoms. The largest absolute Gasteiger partial charge is 0.220 e. The van der Waals surface area contributed by atoms with Crippen molar-refractivity contribution >= 4 is 22.8 Å². The molecule has 0 unspecified atom stereocenters. The molecule has 0 aromatic heterocycles. The van der Waals surface area contributed by atoms with Crippen molar-refractivity contribution in [2.45, 2.75) is 6.61 Å². The zero-order valence-corrected chi connectivity index (χ0v) is 9.29. The van der Waals surface area contributed by atoms with Crippen LogP contribution in [0.1, 0.15) is 5.56 Å². The quantitative estimate of drug-likeness (QED) is 0.340. The van der Waals surface area contributed by atoms with Crippen LogP contribution in [0.5, 0.6) is 0 Å². The summed E-state index contributed by atoms with van der Waals surface area (Å²) < 4.78 is 4.77. The van der Waals surface area contributed by atoms with Gasteiger partial charge in [-0.05, 0) is 22.4 Å². The molecule has 0 saturated heterocycles. The van der Waals surface area contributed by atoms with Gasteiger partial charge in [0.25, 0.3) is 0 Å². The Labute approximate surface area is 93.3 Å². The summed E-state index contributed by atoms with van der Waals surface area (Å²) >= 11 is 1.20. The van der Waals surface area contributed by atoms with Crippen LogP contribution in [0.25, 0.3) is 10.8 Å². The Morgan fingerprint density at radius 1 is 1.07 bits per heavy atom. The van der Waals surface area contributed by atoms with Crippen LogP contribution in [0, 0.1) is 0 Å². The lowest BCUT2D eigenvalue weighted by molar-refractivity contribution is -0.201. The SMILES string of the molecule is CSOOCc1ccc2ccccc2c1. The molecule has 0 aliphatic carbocycles. The summed E-state index contributed by atoms with van der Waals surface area (Å²) in [6, 6.07) is 14.5. The molecule has 0 spiro atoms. The van der Waals surface area contributed by atoms with E-state index in [0.29, 0.717) is 6.61 Å². The molecular formula is C12H12O2S. The Bertz CT molecular complexity index is 442. The minimum absolute atomic E-state index is 0.478. The van der Waals surface area contributed by atoms with E-state index in [-0.39, 0.29) is 0 Å². The molecule has 2 aromatic rings. The van der Waals surface area contributed by atoms with Crippen molar-refractivity contribution in [3.05, 3.63) is 48.0 Å². The van der Waals surface area contributed by atoms with Crippen molar-refractivity contribution in [1.82, 2.24) is 0 Å². The topological polar surface area (TPSA) is 18.5 Å². The molecule has 2 aromatic carbocycles. The van der Waals surface area contributed by atoms with Crippen molar-refractivity contribution in [1.29, 1.82) is 0 Å². The monoisotopic (exact) mass is 220 g/mol. The van der Waals surface area contributed by atoms with E-state index >= 15 is 0 Å². The molecule has 0 bridgehead atoms. The molecule has 78 valence electrons. The van der Waals surface area contributed by atoms with Gasteiger partial charge < -0.3 is 0 Å². The first-order chi connectivity index (χ1) is 7.40. The molecule has 0 saturated carbocycles. The van der Waals surface area contributed by atoms with Crippen molar-refractivity contribution < 1.29 is 9.22 Å². The Kier molecular flexibility index (Phi) is 3.61. The fourth-order valence-electron chi connectivity index (χ4n) is 1.47. The van der Waals surface area contributed by atoms with Gasteiger partial charge in [-0.1, -0.05) is 36.4 Å². The number of hydrogen-bond acceptors (Lipinski definition) is 3. The van der Waals surface area contributed by atoms with Gasteiger partial charge in [0.05, 0.1) is 0 Å². The first-order valence-electron chi connectivity index (χ1n) is 4.70. The van der Waals surface area contributed by atoms with Crippen LogP contribution < -0.4 is 0 Å².